The minimum Gasteiger partial charge on any atom is -0.359 e. The fourth-order valence-corrected chi connectivity index (χ4v) is 4.07. The van der Waals surface area contributed by atoms with Gasteiger partial charge in [0.05, 0.1) is 11.1 Å². The Kier molecular flexibility index (Phi) is 5.67. The van der Waals surface area contributed by atoms with Crippen molar-refractivity contribution in [2.75, 3.05) is 23.8 Å². The zero-order valence-corrected chi connectivity index (χ0v) is 16.9. The number of halogens is 2. The third-order valence-electron chi connectivity index (χ3n) is 4.61. The average Bonchev–Trinajstić information content (AvgIpc) is 3.20. The highest BCUT2D eigenvalue weighted by atomic mass is 32.1. The second kappa shape index (κ2) is 8.54. The lowest BCUT2D eigenvalue weighted by Gasteiger charge is -2.18. The van der Waals surface area contributed by atoms with Crippen LogP contribution in [0.5, 0.6) is 0 Å². The van der Waals surface area contributed by atoms with Gasteiger partial charge in [-0.3, -0.25) is 4.79 Å². The topological polar surface area (TPSA) is 58.1 Å². The van der Waals surface area contributed by atoms with Gasteiger partial charge in [-0.2, -0.15) is 0 Å². The number of amides is 1. The van der Waals surface area contributed by atoms with Crippen molar-refractivity contribution in [2.45, 2.75) is 6.42 Å². The van der Waals surface area contributed by atoms with E-state index in [1.807, 2.05) is 48.3 Å². The third kappa shape index (κ3) is 4.28. The zero-order chi connectivity index (χ0) is 21.1. The van der Waals surface area contributed by atoms with E-state index in [-0.39, 0.29) is 12.1 Å². The summed E-state index contributed by atoms with van der Waals surface area (Å²) in [4.78, 5) is 24.7. The lowest BCUT2D eigenvalue weighted by Crippen LogP contribution is -2.25. The molecule has 30 heavy (non-hydrogen) atoms. The number of hydrogen-bond donors (Lipinski definition) is 1. The van der Waals surface area contributed by atoms with Gasteiger partial charge in [0.25, 0.3) is 0 Å². The van der Waals surface area contributed by atoms with Crippen LogP contribution in [0.3, 0.4) is 0 Å². The quantitative estimate of drug-likeness (QED) is 0.468. The van der Waals surface area contributed by atoms with Crippen molar-refractivity contribution in [1.29, 1.82) is 0 Å². The van der Waals surface area contributed by atoms with Gasteiger partial charge in [0.1, 0.15) is 28.6 Å². The first-order valence-electron chi connectivity index (χ1n) is 9.27. The first kappa shape index (κ1) is 19.9. The summed E-state index contributed by atoms with van der Waals surface area (Å²) in [5, 5.41) is 3.31. The maximum atomic E-state index is 13.7. The molecule has 8 heteroatoms. The van der Waals surface area contributed by atoms with E-state index >= 15 is 0 Å². The molecule has 2 heterocycles. The lowest BCUT2D eigenvalue weighted by atomic mass is 10.2. The smallest absolute Gasteiger partial charge is 0.226 e. The number of nitrogens with zero attached hydrogens (tertiary/aromatic N) is 3. The van der Waals surface area contributed by atoms with Crippen LogP contribution in [-0.2, 0) is 4.79 Å². The fraction of sp³-hybridized carbons (Fsp3) is 0.136. The highest BCUT2D eigenvalue weighted by Gasteiger charge is 2.15. The minimum atomic E-state index is -0.678. The maximum absolute atomic E-state index is 13.7. The van der Waals surface area contributed by atoms with Crippen LogP contribution in [-0.4, -0.2) is 29.5 Å². The first-order chi connectivity index (χ1) is 14.5. The number of benzene rings is 2. The van der Waals surface area contributed by atoms with Crippen molar-refractivity contribution < 1.29 is 13.6 Å². The van der Waals surface area contributed by atoms with Crippen LogP contribution in [0.1, 0.15) is 6.42 Å². The Morgan fingerprint density at radius 2 is 1.90 bits per heavy atom. The summed E-state index contributed by atoms with van der Waals surface area (Å²) in [6.45, 7) is 0.353. The van der Waals surface area contributed by atoms with E-state index in [2.05, 4.69) is 15.3 Å². The molecule has 5 nitrogen and oxygen atoms in total. The van der Waals surface area contributed by atoms with E-state index in [1.54, 1.807) is 11.3 Å². The Bertz CT molecular complexity index is 1200. The number of anilines is 2. The molecule has 0 saturated carbocycles. The van der Waals surface area contributed by atoms with Gasteiger partial charge in [-0.25, -0.2) is 18.7 Å². The van der Waals surface area contributed by atoms with Crippen molar-refractivity contribution in [3.8, 4) is 10.4 Å². The molecule has 0 spiro atoms. The van der Waals surface area contributed by atoms with Crippen LogP contribution >= 0.6 is 11.3 Å². The normalized spacial score (nSPS) is 10.9. The molecule has 0 aliphatic heterocycles. The molecule has 4 rings (SSSR count). The van der Waals surface area contributed by atoms with Crippen molar-refractivity contribution in [1.82, 2.24) is 9.97 Å². The monoisotopic (exact) mass is 424 g/mol. The predicted molar refractivity (Wildman–Crippen MR) is 116 cm³/mol. The molecule has 0 fully saturated rings. The zero-order valence-electron chi connectivity index (χ0n) is 16.1. The number of aromatic nitrogens is 2. The van der Waals surface area contributed by atoms with E-state index in [9.17, 15) is 13.6 Å². The molecule has 4 aromatic rings. The standard InChI is InChI=1S/C22H18F2N4OS/c1-28(10-9-20(29)27-18-11-15(23)7-8-17(18)24)21-16-12-19(14-5-3-2-4-6-14)30-22(16)26-13-25-21/h2-8,11-13H,9-10H2,1H3,(H,27,29). The van der Waals surface area contributed by atoms with E-state index < -0.39 is 17.5 Å². The molecular weight excluding hydrogens is 406 g/mol. The van der Waals surface area contributed by atoms with E-state index in [0.29, 0.717) is 12.4 Å². The first-order valence-corrected chi connectivity index (χ1v) is 10.1. The molecule has 0 unspecified atom stereocenters. The number of thiophene rings is 1. The van der Waals surface area contributed by atoms with Gasteiger partial charge in [-0.05, 0) is 23.8 Å². The number of fused-ring (bicyclic) bond motifs is 1. The molecule has 152 valence electrons. The number of carbonyl (C=O) groups excluding carboxylic acids is 1. The van der Waals surface area contributed by atoms with Crippen molar-refractivity contribution >= 4 is 39.0 Å². The molecule has 2 aromatic carbocycles. The molecule has 0 aliphatic carbocycles. The van der Waals surface area contributed by atoms with Gasteiger partial charge < -0.3 is 10.2 Å². The Labute approximate surface area is 176 Å². The Hall–Kier alpha value is -3.39. The fourth-order valence-electron chi connectivity index (χ4n) is 3.07. The summed E-state index contributed by atoms with van der Waals surface area (Å²) in [6, 6.07) is 15.0. The highest BCUT2D eigenvalue weighted by molar-refractivity contribution is 7.21. The average molecular weight is 424 g/mol. The van der Waals surface area contributed by atoms with Crippen molar-refractivity contribution in [3.63, 3.8) is 0 Å². The molecule has 0 radical (unpaired) electrons. The van der Waals surface area contributed by atoms with Gasteiger partial charge in [-0.1, -0.05) is 30.3 Å². The summed E-state index contributed by atoms with van der Waals surface area (Å²) in [5.41, 5.74) is 0.933. The van der Waals surface area contributed by atoms with Gasteiger partial charge in [-0.15, -0.1) is 11.3 Å². The summed E-state index contributed by atoms with van der Waals surface area (Å²) < 4.78 is 27.0. The molecule has 0 bridgehead atoms. The second-order valence-electron chi connectivity index (χ2n) is 6.74. The van der Waals surface area contributed by atoms with Crippen LogP contribution in [0, 0.1) is 11.6 Å². The SMILES string of the molecule is CN(CCC(=O)Nc1cc(F)ccc1F)c1ncnc2sc(-c3ccccc3)cc12. The summed E-state index contributed by atoms with van der Waals surface area (Å²) in [5.74, 6) is -0.990. The molecule has 1 amide bonds. The van der Waals surface area contributed by atoms with E-state index in [1.165, 1.54) is 6.33 Å². The summed E-state index contributed by atoms with van der Waals surface area (Å²) in [6.07, 6.45) is 1.59. The van der Waals surface area contributed by atoms with Crippen LogP contribution in [0.2, 0.25) is 0 Å². The van der Waals surface area contributed by atoms with Gasteiger partial charge in [0.15, 0.2) is 0 Å². The number of hydrogen-bond acceptors (Lipinski definition) is 5. The van der Waals surface area contributed by atoms with Gasteiger partial charge in [0, 0.05) is 31.0 Å². The van der Waals surface area contributed by atoms with Gasteiger partial charge in [0.2, 0.25) is 5.91 Å². The Morgan fingerprint density at radius 1 is 1.10 bits per heavy atom. The largest absolute Gasteiger partial charge is 0.359 e. The van der Waals surface area contributed by atoms with Gasteiger partial charge >= 0.3 is 0 Å². The Balaban J connectivity index is 1.48. The Morgan fingerprint density at radius 3 is 2.70 bits per heavy atom. The highest BCUT2D eigenvalue weighted by Crippen LogP contribution is 2.35. The van der Waals surface area contributed by atoms with Crippen molar-refractivity contribution in [2.24, 2.45) is 0 Å². The molecule has 1 N–H and O–H groups in total. The van der Waals surface area contributed by atoms with Crippen molar-refractivity contribution in [3.05, 3.63) is 72.6 Å². The van der Waals surface area contributed by atoms with Crippen LogP contribution in [0.15, 0.2) is 60.9 Å². The molecule has 0 atom stereocenters. The summed E-state index contributed by atoms with van der Waals surface area (Å²) >= 11 is 1.58. The minimum absolute atomic E-state index is 0.0909. The van der Waals surface area contributed by atoms with E-state index in [4.69, 9.17) is 0 Å². The molecule has 0 aliphatic rings. The van der Waals surface area contributed by atoms with Crippen LogP contribution in [0.4, 0.5) is 20.3 Å². The summed E-state index contributed by atoms with van der Waals surface area (Å²) in [7, 11) is 1.83. The van der Waals surface area contributed by atoms with Crippen LogP contribution in [0.25, 0.3) is 20.7 Å². The molecule has 2 aromatic heterocycles. The lowest BCUT2D eigenvalue weighted by molar-refractivity contribution is -0.116. The molecular formula is C22H18F2N4OS. The maximum Gasteiger partial charge on any atom is 0.226 e. The second-order valence-corrected chi connectivity index (χ2v) is 7.77. The van der Waals surface area contributed by atoms with Crippen LogP contribution < -0.4 is 10.2 Å². The van der Waals surface area contributed by atoms with E-state index in [0.717, 1.165) is 38.9 Å². The number of nitrogens with one attached hydrogen (secondary N) is 1. The third-order valence-corrected chi connectivity index (χ3v) is 5.70. The number of rotatable bonds is 6. The predicted octanol–water partition coefficient (Wildman–Crippen LogP) is 5.10. The number of carbonyl (C=O) groups is 1. The molecule has 0 saturated heterocycles.